The third kappa shape index (κ3) is 3.56. The molecule has 0 spiro atoms. The largest absolute Gasteiger partial charge is 0.394 e. The highest BCUT2D eigenvalue weighted by Crippen LogP contribution is 2.21. The third-order valence-corrected chi connectivity index (χ3v) is 3.49. The van der Waals surface area contributed by atoms with Crippen LogP contribution in [-0.2, 0) is 6.54 Å². The number of hydrogen-bond donors (Lipinski definition) is 2. The molecule has 2 N–H and O–H groups in total. The van der Waals surface area contributed by atoms with Crippen LogP contribution >= 0.6 is 11.8 Å². The Balaban J connectivity index is 2.28. The van der Waals surface area contributed by atoms with Crippen LogP contribution in [0.15, 0.2) is 24.5 Å². The van der Waals surface area contributed by atoms with Gasteiger partial charge in [-0.2, -0.15) is 16.9 Å². The van der Waals surface area contributed by atoms with Crippen LogP contribution in [0.1, 0.15) is 18.3 Å². The Kier molecular flexibility index (Phi) is 5.51. The Morgan fingerprint density at radius 3 is 2.75 bits per heavy atom. The van der Waals surface area contributed by atoms with Gasteiger partial charge in [-0.1, -0.05) is 0 Å². The minimum absolute atomic E-state index is 0.0403. The van der Waals surface area contributed by atoms with Crippen LogP contribution in [0.25, 0.3) is 11.4 Å². The molecule has 0 aliphatic carbocycles. The summed E-state index contributed by atoms with van der Waals surface area (Å²) in [7, 11) is 0. The summed E-state index contributed by atoms with van der Waals surface area (Å²) in [4.78, 5) is 8.36. The molecule has 0 fully saturated rings. The van der Waals surface area contributed by atoms with Gasteiger partial charge < -0.3 is 10.2 Å². The zero-order valence-electron chi connectivity index (χ0n) is 11.3. The number of thioether (sulfide) groups is 1. The maximum Gasteiger partial charge on any atom is 0.181 e. The summed E-state index contributed by atoms with van der Waals surface area (Å²) < 4.78 is 1.57. The fourth-order valence-electron chi connectivity index (χ4n) is 1.84. The van der Waals surface area contributed by atoms with Crippen molar-refractivity contribution in [3.63, 3.8) is 0 Å². The molecule has 2 aromatic rings. The van der Waals surface area contributed by atoms with E-state index in [2.05, 4.69) is 15.1 Å². The van der Waals surface area contributed by atoms with Gasteiger partial charge in [0.15, 0.2) is 11.6 Å². The van der Waals surface area contributed by atoms with Crippen LogP contribution < -0.4 is 0 Å². The Bertz CT molecular complexity index is 532. The van der Waals surface area contributed by atoms with Gasteiger partial charge >= 0.3 is 0 Å². The van der Waals surface area contributed by atoms with E-state index < -0.39 is 6.10 Å². The number of aliphatic hydroxyl groups is 2. The van der Waals surface area contributed by atoms with Gasteiger partial charge in [0.05, 0.1) is 13.2 Å². The predicted molar refractivity (Wildman–Crippen MR) is 78.3 cm³/mol. The average molecular weight is 294 g/mol. The number of pyridine rings is 1. The topological polar surface area (TPSA) is 84.1 Å². The zero-order valence-corrected chi connectivity index (χ0v) is 12.1. The van der Waals surface area contributed by atoms with Crippen LogP contribution in [-0.4, -0.2) is 48.6 Å². The fraction of sp³-hybridized carbons (Fsp3) is 0.462. The summed E-state index contributed by atoms with van der Waals surface area (Å²) in [5.74, 6) is 1.89. The van der Waals surface area contributed by atoms with Crippen molar-refractivity contribution in [1.82, 2.24) is 19.7 Å². The Morgan fingerprint density at radius 2 is 2.10 bits per heavy atom. The second kappa shape index (κ2) is 7.37. The van der Waals surface area contributed by atoms with Crippen LogP contribution in [0.4, 0.5) is 0 Å². The number of nitrogens with zero attached hydrogens (tertiary/aromatic N) is 4. The first kappa shape index (κ1) is 15.0. The van der Waals surface area contributed by atoms with Gasteiger partial charge in [0.25, 0.3) is 0 Å². The third-order valence-electron chi connectivity index (χ3n) is 2.84. The van der Waals surface area contributed by atoms with E-state index in [0.717, 1.165) is 11.3 Å². The molecule has 2 rings (SSSR count). The zero-order chi connectivity index (χ0) is 14.4. The second-order valence-electron chi connectivity index (χ2n) is 4.27. The predicted octanol–water partition coefficient (Wildman–Crippen LogP) is 1.12. The van der Waals surface area contributed by atoms with Crippen molar-refractivity contribution >= 4 is 11.8 Å². The molecule has 2 heterocycles. The quantitative estimate of drug-likeness (QED) is 0.796. The molecular formula is C13H18N4O2S. The average Bonchev–Trinajstić information content (AvgIpc) is 2.90. The second-order valence-corrected chi connectivity index (χ2v) is 5.26. The molecular weight excluding hydrogens is 276 g/mol. The lowest BCUT2D eigenvalue weighted by atomic mass is 10.2. The molecule has 0 saturated carbocycles. The monoisotopic (exact) mass is 294 g/mol. The van der Waals surface area contributed by atoms with Gasteiger partial charge in [-0.05, 0) is 30.6 Å². The summed E-state index contributed by atoms with van der Waals surface area (Å²) in [5, 5.41) is 23.6. The first-order valence-corrected chi connectivity index (χ1v) is 7.78. The lowest BCUT2D eigenvalue weighted by molar-refractivity contribution is 0.155. The molecule has 0 unspecified atom stereocenters. The minimum Gasteiger partial charge on any atom is -0.394 e. The van der Waals surface area contributed by atoms with E-state index in [0.29, 0.717) is 24.6 Å². The molecule has 0 aromatic carbocycles. The summed E-state index contributed by atoms with van der Waals surface area (Å²) >= 11 is 1.67. The molecule has 6 nitrogen and oxygen atoms in total. The van der Waals surface area contributed by atoms with E-state index >= 15 is 0 Å². The highest BCUT2D eigenvalue weighted by molar-refractivity contribution is 7.98. The smallest absolute Gasteiger partial charge is 0.181 e. The molecule has 20 heavy (non-hydrogen) atoms. The normalized spacial score (nSPS) is 12.6. The summed E-state index contributed by atoms with van der Waals surface area (Å²) in [5.41, 5.74) is 0.843. The highest BCUT2D eigenvalue weighted by Gasteiger charge is 2.18. The maximum absolute atomic E-state index is 10.2. The van der Waals surface area contributed by atoms with Gasteiger partial charge in [0.2, 0.25) is 0 Å². The van der Waals surface area contributed by atoms with Crippen molar-refractivity contribution in [2.75, 3.05) is 18.6 Å². The fourth-order valence-corrected chi connectivity index (χ4v) is 2.30. The molecule has 0 amide bonds. The molecule has 0 radical (unpaired) electrons. The Hall–Kier alpha value is -1.44. The van der Waals surface area contributed by atoms with Gasteiger partial charge in [0.1, 0.15) is 6.10 Å². The number of aromatic nitrogens is 4. The lowest BCUT2D eigenvalue weighted by Crippen LogP contribution is -2.13. The summed E-state index contributed by atoms with van der Waals surface area (Å²) in [6.45, 7) is 0.283. The van der Waals surface area contributed by atoms with Crippen molar-refractivity contribution in [3.05, 3.63) is 30.4 Å². The van der Waals surface area contributed by atoms with E-state index in [1.807, 2.05) is 18.4 Å². The van der Waals surface area contributed by atoms with Gasteiger partial charge in [-0.3, -0.25) is 4.98 Å². The summed E-state index contributed by atoms with van der Waals surface area (Å²) in [6, 6.07) is 3.63. The van der Waals surface area contributed by atoms with Crippen molar-refractivity contribution in [3.8, 4) is 11.4 Å². The van der Waals surface area contributed by atoms with E-state index in [4.69, 9.17) is 5.11 Å². The Morgan fingerprint density at radius 1 is 1.35 bits per heavy atom. The first-order valence-electron chi connectivity index (χ1n) is 6.39. The molecule has 0 saturated heterocycles. The number of rotatable bonds is 7. The van der Waals surface area contributed by atoms with Crippen molar-refractivity contribution < 1.29 is 10.2 Å². The number of hydrogen-bond acceptors (Lipinski definition) is 6. The van der Waals surface area contributed by atoms with Crippen molar-refractivity contribution in [1.29, 1.82) is 0 Å². The van der Waals surface area contributed by atoms with E-state index in [1.165, 1.54) is 0 Å². The minimum atomic E-state index is -0.669. The van der Waals surface area contributed by atoms with Gasteiger partial charge in [-0.15, -0.1) is 0 Å². The molecule has 0 aliphatic rings. The molecule has 0 bridgehead atoms. The van der Waals surface area contributed by atoms with Crippen molar-refractivity contribution in [2.24, 2.45) is 0 Å². The van der Waals surface area contributed by atoms with Gasteiger partial charge in [-0.25, -0.2) is 9.67 Å². The van der Waals surface area contributed by atoms with E-state index in [9.17, 15) is 5.11 Å². The van der Waals surface area contributed by atoms with Crippen LogP contribution in [0.3, 0.4) is 0 Å². The lowest BCUT2D eigenvalue weighted by Gasteiger charge is -2.09. The standard InChI is InChI=1S/C13H18N4O2S/c1-20-9-4-11(19)13-15-12(16-17(13)7-8-18)10-2-5-14-6-3-10/h2-3,5-6,11,18-19H,4,7-9H2,1H3/t11-/m0/s1. The SMILES string of the molecule is CSCC[C@H](O)c1nc(-c2ccncc2)nn1CCO. The molecule has 1 atom stereocenters. The molecule has 108 valence electrons. The summed E-state index contributed by atoms with van der Waals surface area (Å²) in [6.07, 6.45) is 5.28. The van der Waals surface area contributed by atoms with Crippen LogP contribution in [0.2, 0.25) is 0 Å². The van der Waals surface area contributed by atoms with Crippen LogP contribution in [0.5, 0.6) is 0 Å². The Labute approximate surface area is 121 Å². The van der Waals surface area contributed by atoms with E-state index in [-0.39, 0.29) is 6.61 Å². The van der Waals surface area contributed by atoms with Gasteiger partial charge in [0, 0.05) is 18.0 Å². The number of aliphatic hydroxyl groups excluding tert-OH is 2. The molecule has 7 heteroatoms. The van der Waals surface area contributed by atoms with E-state index in [1.54, 1.807) is 28.8 Å². The molecule has 0 aliphatic heterocycles. The highest BCUT2D eigenvalue weighted by atomic mass is 32.2. The maximum atomic E-state index is 10.2. The first-order chi connectivity index (χ1) is 9.76. The van der Waals surface area contributed by atoms with Crippen LogP contribution in [0, 0.1) is 0 Å². The molecule has 2 aromatic heterocycles. The van der Waals surface area contributed by atoms with Crippen molar-refractivity contribution in [2.45, 2.75) is 19.1 Å².